The number of aromatic nitrogens is 1. The minimum absolute atomic E-state index is 0.0321. The van der Waals surface area contributed by atoms with Gasteiger partial charge in [0.1, 0.15) is 11.4 Å². The summed E-state index contributed by atoms with van der Waals surface area (Å²) >= 11 is 3.06. The van der Waals surface area contributed by atoms with Crippen molar-refractivity contribution in [3.05, 3.63) is 51.8 Å². The Hall–Kier alpha value is -1.83. The molecule has 0 saturated carbocycles. The lowest BCUT2D eigenvalue weighted by molar-refractivity contribution is 0.102. The maximum atomic E-state index is 13.3. The fourth-order valence-electron chi connectivity index (χ4n) is 1.36. The molecule has 2 N–H and O–H groups in total. The summed E-state index contributed by atoms with van der Waals surface area (Å²) in [4.78, 5) is 14.1. The van der Waals surface area contributed by atoms with Crippen molar-refractivity contribution in [2.75, 3.05) is 5.32 Å². The summed E-state index contributed by atoms with van der Waals surface area (Å²) in [6.45, 7) is 0. The summed E-state index contributed by atoms with van der Waals surface area (Å²) in [7, 11) is 0. The van der Waals surface area contributed by atoms with Crippen molar-refractivity contribution in [2.24, 2.45) is 0 Å². The molecule has 1 amide bonds. The Labute approximate surface area is 112 Å². The maximum Gasteiger partial charge on any atom is 0.272 e. The number of rotatable bonds is 2. The third-order valence-electron chi connectivity index (χ3n) is 2.24. The molecule has 2 aromatic rings. The fraction of sp³-hybridized carbons (Fsp3) is 0. The predicted molar refractivity (Wildman–Crippen MR) is 62.7 cm³/mol. The number of benzene rings is 1. The summed E-state index contributed by atoms with van der Waals surface area (Å²) in [6.07, 6.45) is 1.41. The lowest BCUT2D eigenvalue weighted by Gasteiger charge is -2.07. The Morgan fingerprint density at radius 3 is 2.16 bits per heavy atom. The van der Waals surface area contributed by atoms with E-state index in [1.54, 1.807) is 5.32 Å². The third kappa shape index (κ3) is 2.62. The van der Waals surface area contributed by atoms with Crippen molar-refractivity contribution >= 4 is 27.5 Å². The Morgan fingerprint density at radius 2 is 1.68 bits per heavy atom. The van der Waals surface area contributed by atoms with E-state index in [9.17, 15) is 22.4 Å². The van der Waals surface area contributed by atoms with Gasteiger partial charge in [0.15, 0.2) is 23.3 Å². The largest absolute Gasteiger partial charge is 0.356 e. The maximum absolute atomic E-state index is 13.3. The zero-order chi connectivity index (χ0) is 14.2. The van der Waals surface area contributed by atoms with Crippen LogP contribution in [0.25, 0.3) is 0 Å². The first-order chi connectivity index (χ1) is 8.90. The van der Waals surface area contributed by atoms with Crippen molar-refractivity contribution in [3.63, 3.8) is 0 Å². The SMILES string of the molecule is O=C(Nc1c(F)c(F)cc(F)c1F)c1cc(Br)c[nH]1. The molecule has 1 aromatic carbocycles. The van der Waals surface area contributed by atoms with Crippen LogP contribution in [0.15, 0.2) is 22.8 Å². The van der Waals surface area contributed by atoms with Crippen molar-refractivity contribution < 1.29 is 22.4 Å². The number of anilines is 1. The Bertz CT molecular complexity index is 630. The second-order valence-electron chi connectivity index (χ2n) is 3.53. The minimum Gasteiger partial charge on any atom is -0.356 e. The highest BCUT2D eigenvalue weighted by atomic mass is 79.9. The normalized spacial score (nSPS) is 10.6. The summed E-state index contributed by atoms with van der Waals surface area (Å²) in [5.41, 5.74) is -1.21. The molecule has 0 aliphatic heterocycles. The van der Waals surface area contributed by atoms with E-state index < -0.39 is 34.9 Å². The topological polar surface area (TPSA) is 44.9 Å². The Balaban J connectivity index is 2.36. The molecule has 0 fully saturated rings. The van der Waals surface area contributed by atoms with Crippen LogP contribution in [-0.4, -0.2) is 10.9 Å². The van der Waals surface area contributed by atoms with Crippen LogP contribution in [0.5, 0.6) is 0 Å². The molecule has 1 aromatic heterocycles. The molecule has 1 heterocycles. The summed E-state index contributed by atoms with van der Waals surface area (Å²) in [6, 6.07) is 1.40. The highest BCUT2D eigenvalue weighted by Gasteiger charge is 2.21. The van der Waals surface area contributed by atoms with Gasteiger partial charge >= 0.3 is 0 Å². The first-order valence-corrected chi connectivity index (χ1v) is 5.67. The van der Waals surface area contributed by atoms with Gasteiger partial charge in [-0.2, -0.15) is 0 Å². The number of amides is 1. The number of carbonyl (C=O) groups excluding carboxylic acids is 1. The van der Waals surface area contributed by atoms with E-state index >= 15 is 0 Å². The number of nitrogens with one attached hydrogen (secondary N) is 2. The highest BCUT2D eigenvalue weighted by Crippen LogP contribution is 2.24. The molecule has 0 bridgehead atoms. The number of H-pyrrole nitrogens is 1. The average Bonchev–Trinajstić information content (AvgIpc) is 2.79. The first kappa shape index (κ1) is 13.6. The van der Waals surface area contributed by atoms with Crippen molar-refractivity contribution in [1.82, 2.24) is 4.98 Å². The Kier molecular flexibility index (Phi) is 3.61. The van der Waals surface area contributed by atoms with E-state index in [4.69, 9.17) is 0 Å². The van der Waals surface area contributed by atoms with Gasteiger partial charge in [0.2, 0.25) is 0 Å². The first-order valence-electron chi connectivity index (χ1n) is 4.88. The standard InChI is InChI=1S/C11H5BrF4N2O/c12-4-1-7(17-3-4)11(19)18-10-8(15)5(13)2-6(14)9(10)16/h1-3,17H,(H,18,19). The third-order valence-corrected chi connectivity index (χ3v) is 2.70. The van der Waals surface area contributed by atoms with E-state index in [1.165, 1.54) is 12.3 Å². The van der Waals surface area contributed by atoms with E-state index in [-0.39, 0.29) is 11.8 Å². The molecule has 19 heavy (non-hydrogen) atoms. The number of aromatic amines is 1. The molecule has 0 aliphatic rings. The average molecular weight is 337 g/mol. The van der Waals surface area contributed by atoms with Crippen LogP contribution in [0.4, 0.5) is 23.2 Å². The zero-order valence-electron chi connectivity index (χ0n) is 9.03. The van der Waals surface area contributed by atoms with Gasteiger partial charge < -0.3 is 10.3 Å². The molecule has 0 aliphatic carbocycles. The summed E-state index contributed by atoms with van der Waals surface area (Å²) < 4.78 is 53.0. The second kappa shape index (κ2) is 5.04. The summed E-state index contributed by atoms with van der Waals surface area (Å²) in [5.74, 6) is -7.46. The lowest BCUT2D eigenvalue weighted by Crippen LogP contribution is -2.16. The molecule has 0 atom stereocenters. The number of carbonyl (C=O) groups is 1. The lowest BCUT2D eigenvalue weighted by atomic mass is 10.2. The van der Waals surface area contributed by atoms with Gasteiger partial charge in [-0.3, -0.25) is 4.79 Å². The van der Waals surface area contributed by atoms with Crippen molar-refractivity contribution in [1.29, 1.82) is 0 Å². The van der Waals surface area contributed by atoms with Gasteiger partial charge in [-0.1, -0.05) is 0 Å². The van der Waals surface area contributed by atoms with Crippen LogP contribution in [-0.2, 0) is 0 Å². The number of halogens is 5. The minimum atomic E-state index is -1.67. The zero-order valence-corrected chi connectivity index (χ0v) is 10.6. The van der Waals surface area contributed by atoms with E-state index in [1.807, 2.05) is 0 Å². The van der Waals surface area contributed by atoms with Crippen LogP contribution >= 0.6 is 15.9 Å². The molecule has 0 saturated heterocycles. The van der Waals surface area contributed by atoms with Gasteiger partial charge in [0.25, 0.3) is 5.91 Å². The van der Waals surface area contributed by atoms with Gasteiger partial charge in [-0.05, 0) is 22.0 Å². The molecule has 3 nitrogen and oxygen atoms in total. The number of hydrogen-bond donors (Lipinski definition) is 2. The molecule has 8 heteroatoms. The van der Waals surface area contributed by atoms with Crippen LogP contribution in [0.1, 0.15) is 10.5 Å². The monoisotopic (exact) mass is 336 g/mol. The van der Waals surface area contributed by atoms with Crippen molar-refractivity contribution in [2.45, 2.75) is 0 Å². The van der Waals surface area contributed by atoms with Gasteiger partial charge in [-0.15, -0.1) is 0 Å². The van der Waals surface area contributed by atoms with E-state index in [0.717, 1.165) is 0 Å². The number of hydrogen-bond acceptors (Lipinski definition) is 1. The quantitative estimate of drug-likeness (QED) is 0.639. The van der Waals surface area contributed by atoms with Gasteiger partial charge in [0.05, 0.1) is 0 Å². The van der Waals surface area contributed by atoms with Crippen LogP contribution in [0.3, 0.4) is 0 Å². The van der Waals surface area contributed by atoms with Gasteiger partial charge in [0, 0.05) is 16.7 Å². The molecular formula is C11H5BrF4N2O. The smallest absolute Gasteiger partial charge is 0.272 e. The fourth-order valence-corrected chi connectivity index (χ4v) is 1.71. The Morgan fingerprint density at radius 1 is 1.11 bits per heavy atom. The van der Waals surface area contributed by atoms with E-state index in [0.29, 0.717) is 4.47 Å². The molecule has 100 valence electrons. The molecule has 0 unspecified atom stereocenters. The van der Waals surface area contributed by atoms with Crippen LogP contribution < -0.4 is 5.32 Å². The van der Waals surface area contributed by atoms with Crippen LogP contribution in [0, 0.1) is 23.3 Å². The molecule has 2 rings (SSSR count). The highest BCUT2D eigenvalue weighted by molar-refractivity contribution is 9.10. The predicted octanol–water partition coefficient (Wildman–Crippen LogP) is 3.59. The second-order valence-corrected chi connectivity index (χ2v) is 4.44. The van der Waals surface area contributed by atoms with Crippen LogP contribution in [0.2, 0.25) is 0 Å². The summed E-state index contributed by atoms with van der Waals surface area (Å²) in [5, 5.41) is 1.77. The molecular weight excluding hydrogens is 332 g/mol. The van der Waals surface area contributed by atoms with Crippen molar-refractivity contribution in [3.8, 4) is 0 Å². The van der Waals surface area contributed by atoms with Gasteiger partial charge in [-0.25, -0.2) is 17.6 Å². The molecule has 0 radical (unpaired) electrons. The van der Waals surface area contributed by atoms with E-state index in [2.05, 4.69) is 20.9 Å². The molecule has 0 spiro atoms.